The summed E-state index contributed by atoms with van der Waals surface area (Å²) in [4.78, 5) is 12.4. The van der Waals surface area contributed by atoms with E-state index >= 15 is 0 Å². The number of nitrogens with one attached hydrogen (secondary N) is 1. The van der Waals surface area contributed by atoms with Crippen molar-refractivity contribution in [2.45, 2.75) is 24.8 Å². The van der Waals surface area contributed by atoms with Crippen LogP contribution < -0.4 is 14.4 Å². The Balaban J connectivity index is 1.57. The van der Waals surface area contributed by atoms with E-state index in [1.807, 2.05) is 26.0 Å². The monoisotopic (exact) mass is 472 g/mol. The molecular weight excluding hydrogens is 448 g/mol. The molecule has 0 aliphatic carbocycles. The summed E-state index contributed by atoms with van der Waals surface area (Å²) in [7, 11) is -2.17. The fraction of sp³-hybridized carbons (Fsp3) is 0.208. The van der Waals surface area contributed by atoms with Gasteiger partial charge in [0, 0.05) is 12.1 Å². The van der Waals surface area contributed by atoms with Crippen LogP contribution in [-0.4, -0.2) is 28.0 Å². The van der Waals surface area contributed by atoms with E-state index in [-0.39, 0.29) is 23.5 Å². The summed E-state index contributed by atoms with van der Waals surface area (Å²) in [6.45, 7) is 3.62. The second-order valence-electron chi connectivity index (χ2n) is 7.41. The highest BCUT2D eigenvalue weighted by molar-refractivity contribution is 7.92. The normalized spacial score (nSPS) is 12.1. The summed E-state index contributed by atoms with van der Waals surface area (Å²) in [5.41, 5.74) is 2.41. The van der Waals surface area contributed by atoms with Crippen LogP contribution >= 0.6 is 11.6 Å². The maximum atomic E-state index is 12.8. The second-order valence-corrected chi connectivity index (χ2v) is 9.81. The molecule has 32 heavy (non-hydrogen) atoms. The van der Waals surface area contributed by atoms with Gasteiger partial charge in [-0.15, -0.1) is 0 Å². The Morgan fingerprint density at radius 3 is 2.19 bits per heavy atom. The Bertz CT molecular complexity index is 1160. The van der Waals surface area contributed by atoms with Gasteiger partial charge in [0.2, 0.25) is 0 Å². The topological polar surface area (TPSA) is 75.7 Å². The van der Waals surface area contributed by atoms with Crippen LogP contribution in [-0.2, 0) is 14.8 Å². The summed E-state index contributed by atoms with van der Waals surface area (Å²) >= 11 is 5.89. The van der Waals surface area contributed by atoms with Gasteiger partial charge in [0.05, 0.1) is 16.6 Å². The maximum Gasteiger partial charge on any atom is 0.264 e. The molecule has 6 nitrogen and oxygen atoms in total. The van der Waals surface area contributed by atoms with Crippen molar-refractivity contribution in [3.8, 4) is 5.75 Å². The molecule has 0 aliphatic rings. The number of hydrogen-bond donors (Lipinski definition) is 1. The van der Waals surface area contributed by atoms with Crippen molar-refractivity contribution in [2.75, 3.05) is 18.0 Å². The van der Waals surface area contributed by atoms with Gasteiger partial charge in [-0.25, -0.2) is 8.42 Å². The lowest BCUT2D eigenvalue weighted by atomic mass is 10.1. The molecule has 0 unspecified atom stereocenters. The molecule has 1 amide bonds. The molecule has 8 heteroatoms. The molecule has 0 aromatic heterocycles. The van der Waals surface area contributed by atoms with Crippen LogP contribution in [0.15, 0.2) is 77.7 Å². The third kappa shape index (κ3) is 5.81. The molecular formula is C24H25ClN2O4S. The Morgan fingerprint density at radius 1 is 1.00 bits per heavy atom. The van der Waals surface area contributed by atoms with Crippen LogP contribution in [0.5, 0.6) is 5.75 Å². The molecule has 1 atom stereocenters. The van der Waals surface area contributed by atoms with Crippen molar-refractivity contribution in [2.24, 2.45) is 0 Å². The van der Waals surface area contributed by atoms with Gasteiger partial charge in [-0.3, -0.25) is 9.10 Å². The van der Waals surface area contributed by atoms with E-state index in [9.17, 15) is 13.2 Å². The lowest BCUT2D eigenvalue weighted by Gasteiger charge is -2.20. The number of ether oxygens (including phenoxy) is 1. The lowest BCUT2D eigenvalue weighted by Crippen LogP contribution is -2.31. The van der Waals surface area contributed by atoms with Crippen molar-refractivity contribution < 1.29 is 17.9 Å². The number of rotatable bonds is 8. The van der Waals surface area contributed by atoms with Crippen LogP contribution in [0.3, 0.4) is 0 Å². The Hall–Kier alpha value is -3.03. The zero-order valence-corrected chi connectivity index (χ0v) is 19.7. The molecule has 3 rings (SSSR count). The zero-order chi connectivity index (χ0) is 23.3. The third-order valence-electron chi connectivity index (χ3n) is 5.00. The molecule has 0 heterocycles. The summed E-state index contributed by atoms with van der Waals surface area (Å²) in [5, 5.41) is 3.50. The minimum absolute atomic E-state index is 0.158. The van der Waals surface area contributed by atoms with Gasteiger partial charge in [0.15, 0.2) is 6.61 Å². The summed E-state index contributed by atoms with van der Waals surface area (Å²) in [6, 6.07) is 20.3. The van der Waals surface area contributed by atoms with Gasteiger partial charge in [0.1, 0.15) is 5.75 Å². The molecule has 168 valence electrons. The maximum absolute atomic E-state index is 12.8. The fourth-order valence-electron chi connectivity index (χ4n) is 3.03. The molecule has 0 aliphatic heterocycles. The highest BCUT2D eigenvalue weighted by atomic mass is 35.5. The van der Waals surface area contributed by atoms with Crippen molar-refractivity contribution in [3.05, 3.63) is 88.9 Å². The molecule has 3 aromatic carbocycles. The number of carbonyl (C=O) groups excluding carboxylic acids is 1. The number of nitrogens with zero attached hydrogens (tertiary/aromatic N) is 1. The van der Waals surface area contributed by atoms with Gasteiger partial charge < -0.3 is 10.1 Å². The van der Waals surface area contributed by atoms with E-state index in [1.54, 1.807) is 60.7 Å². The molecule has 0 fully saturated rings. The van der Waals surface area contributed by atoms with Crippen LogP contribution in [0, 0.1) is 6.92 Å². The first-order valence-electron chi connectivity index (χ1n) is 10.00. The van der Waals surface area contributed by atoms with Crippen LogP contribution in [0.4, 0.5) is 5.69 Å². The third-order valence-corrected chi connectivity index (χ3v) is 7.05. The SMILES string of the molecule is Cc1ccc(S(=O)(=O)N(C)c2ccc(OCC(=O)N[C@@H](C)c3ccc(Cl)cc3)cc2)cc1. The number of aryl methyl sites for hydroxylation is 1. The Labute approximate surface area is 193 Å². The molecule has 0 bridgehead atoms. The highest BCUT2D eigenvalue weighted by Gasteiger charge is 2.21. The summed E-state index contributed by atoms with van der Waals surface area (Å²) in [6.07, 6.45) is 0. The fourth-order valence-corrected chi connectivity index (χ4v) is 4.35. The van der Waals surface area contributed by atoms with Crippen molar-refractivity contribution >= 4 is 33.2 Å². The number of hydrogen-bond acceptors (Lipinski definition) is 4. The number of halogens is 1. The number of amides is 1. The standard InChI is InChI=1S/C24H25ClN2O4S/c1-17-4-14-23(15-5-17)32(29,30)27(3)21-10-12-22(13-11-21)31-16-24(28)26-18(2)19-6-8-20(25)9-7-19/h4-15,18H,16H2,1-3H3,(H,26,28)/t18-/m0/s1. The molecule has 1 N–H and O–H groups in total. The van der Waals surface area contributed by atoms with E-state index in [0.29, 0.717) is 16.5 Å². The average molecular weight is 473 g/mol. The Morgan fingerprint density at radius 2 is 1.59 bits per heavy atom. The van der Waals surface area contributed by atoms with Crippen molar-refractivity contribution in [1.82, 2.24) is 5.32 Å². The first kappa shape index (κ1) is 23.6. The van der Waals surface area contributed by atoms with E-state index < -0.39 is 10.0 Å². The van der Waals surface area contributed by atoms with E-state index in [0.717, 1.165) is 11.1 Å². The first-order valence-corrected chi connectivity index (χ1v) is 11.8. The summed E-state index contributed by atoms with van der Waals surface area (Å²) < 4.78 is 32.4. The molecule has 0 radical (unpaired) electrons. The zero-order valence-electron chi connectivity index (χ0n) is 18.1. The van der Waals surface area contributed by atoms with Gasteiger partial charge in [-0.1, -0.05) is 41.4 Å². The molecule has 3 aromatic rings. The van der Waals surface area contributed by atoms with E-state index in [4.69, 9.17) is 16.3 Å². The smallest absolute Gasteiger partial charge is 0.264 e. The molecule has 0 spiro atoms. The van der Waals surface area contributed by atoms with Gasteiger partial charge in [-0.05, 0) is 67.9 Å². The molecule has 0 saturated heterocycles. The van der Waals surface area contributed by atoms with Crippen LogP contribution in [0.1, 0.15) is 24.1 Å². The number of benzene rings is 3. The van der Waals surface area contributed by atoms with Crippen molar-refractivity contribution in [3.63, 3.8) is 0 Å². The quantitative estimate of drug-likeness (QED) is 0.514. The van der Waals surface area contributed by atoms with Gasteiger partial charge in [-0.2, -0.15) is 0 Å². The average Bonchev–Trinajstić information content (AvgIpc) is 2.78. The number of carbonyl (C=O) groups is 1. The predicted molar refractivity (Wildman–Crippen MR) is 127 cm³/mol. The number of sulfonamides is 1. The van der Waals surface area contributed by atoms with Gasteiger partial charge in [0.25, 0.3) is 15.9 Å². The van der Waals surface area contributed by atoms with Gasteiger partial charge >= 0.3 is 0 Å². The number of anilines is 1. The first-order chi connectivity index (χ1) is 15.2. The highest BCUT2D eigenvalue weighted by Crippen LogP contribution is 2.24. The second kappa shape index (κ2) is 10.1. The molecule has 0 saturated carbocycles. The minimum atomic E-state index is -3.67. The van der Waals surface area contributed by atoms with Crippen LogP contribution in [0.2, 0.25) is 5.02 Å². The largest absolute Gasteiger partial charge is 0.484 e. The predicted octanol–water partition coefficient (Wildman–Crippen LogP) is 4.73. The van der Waals surface area contributed by atoms with Crippen LogP contribution in [0.25, 0.3) is 0 Å². The summed E-state index contributed by atoms with van der Waals surface area (Å²) in [5.74, 6) is 0.194. The van der Waals surface area contributed by atoms with Crippen molar-refractivity contribution in [1.29, 1.82) is 0 Å². The minimum Gasteiger partial charge on any atom is -0.484 e. The Kier molecular flexibility index (Phi) is 7.43. The van der Waals surface area contributed by atoms with E-state index in [2.05, 4.69) is 5.32 Å². The van der Waals surface area contributed by atoms with E-state index in [1.165, 1.54) is 11.4 Å². The lowest BCUT2D eigenvalue weighted by molar-refractivity contribution is -0.123.